The Bertz CT molecular complexity index is 635. The summed E-state index contributed by atoms with van der Waals surface area (Å²) in [4.78, 5) is 0. The van der Waals surface area contributed by atoms with Gasteiger partial charge in [0.25, 0.3) is 0 Å². The van der Waals surface area contributed by atoms with Crippen LogP contribution in [-0.2, 0) is 0 Å². The minimum absolute atomic E-state index is 0.0838. The van der Waals surface area contributed by atoms with Crippen molar-refractivity contribution in [3.63, 3.8) is 0 Å². The summed E-state index contributed by atoms with van der Waals surface area (Å²) in [5, 5.41) is 0. The van der Waals surface area contributed by atoms with Crippen molar-refractivity contribution in [3.05, 3.63) is 64.7 Å². The number of aryl methyl sites for hydroxylation is 2. The zero-order chi connectivity index (χ0) is 14.8. The quantitative estimate of drug-likeness (QED) is 0.912. The predicted octanol–water partition coefficient (Wildman–Crippen LogP) is 4.26. The number of hydrogen-bond donors (Lipinski definition) is 1. The summed E-state index contributed by atoms with van der Waals surface area (Å²) in [6.07, 6.45) is 2.03. The molecule has 21 heavy (non-hydrogen) atoms. The predicted molar refractivity (Wildman–Crippen MR) is 86.8 cm³/mol. The van der Waals surface area contributed by atoms with E-state index < -0.39 is 0 Å². The minimum Gasteiger partial charge on any atom is -0.493 e. The average molecular weight is 281 g/mol. The van der Waals surface area contributed by atoms with Crippen molar-refractivity contribution < 1.29 is 4.74 Å². The summed E-state index contributed by atoms with van der Waals surface area (Å²) in [5.74, 6) is 1.52. The van der Waals surface area contributed by atoms with Crippen molar-refractivity contribution in [1.29, 1.82) is 0 Å². The monoisotopic (exact) mass is 281 g/mol. The molecule has 2 atom stereocenters. The number of ether oxygens (including phenoxy) is 1. The van der Waals surface area contributed by atoms with Gasteiger partial charge in [0.05, 0.1) is 6.61 Å². The van der Waals surface area contributed by atoms with Gasteiger partial charge < -0.3 is 10.5 Å². The molecule has 2 aromatic rings. The van der Waals surface area contributed by atoms with Crippen LogP contribution >= 0.6 is 0 Å². The van der Waals surface area contributed by atoms with Crippen molar-refractivity contribution in [3.8, 4) is 5.75 Å². The Hall–Kier alpha value is -1.80. The van der Waals surface area contributed by atoms with Crippen LogP contribution in [-0.4, -0.2) is 6.61 Å². The Morgan fingerprint density at radius 2 is 1.95 bits per heavy atom. The second kappa shape index (κ2) is 5.90. The number of rotatable bonds is 3. The second-order valence-corrected chi connectivity index (χ2v) is 6.06. The highest BCUT2D eigenvalue weighted by molar-refractivity contribution is 5.38. The molecule has 0 spiro atoms. The number of fused-ring (bicyclic) bond motifs is 1. The first kappa shape index (κ1) is 14.2. The average Bonchev–Trinajstić information content (AvgIpc) is 2.50. The van der Waals surface area contributed by atoms with Crippen molar-refractivity contribution in [2.45, 2.75) is 38.6 Å². The lowest BCUT2D eigenvalue weighted by molar-refractivity contribution is 0.259. The normalized spacial score (nSPS) is 18.7. The molecule has 2 aromatic carbocycles. The maximum atomic E-state index is 6.46. The third kappa shape index (κ3) is 2.96. The van der Waals surface area contributed by atoms with E-state index in [2.05, 4.69) is 50.2 Å². The highest BCUT2D eigenvalue weighted by atomic mass is 16.5. The molecule has 2 nitrogen and oxygen atoms in total. The summed E-state index contributed by atoms with van der Waals surface area (Å²) in [7, 11) is 0. The third-order valence-corrected chi connectivity index (χ3v) is 4.58. The van der Waals surface area contributed by atoms with E-state index in [1.807, 2.05) is 6.07 Å². The van der Waals surface area contributed by atoms with Crippen LogP contribution in [0.4, 0.5) is 0 Å². The molecular formula is C19H23NO. The highest BCUT2D eigenvalue weighted by Gasteiger charge is 2.23. The SMILES string of the molecule is Cc1ccc(C(N)CC2CCOc3ccccc32)cc1C. The first-order valence-electron chi connectivity index (χ1n) is 7.69. The van der Waals surface area contributed by atoms with E-state index >= 15 is 0 Å². The molecule has 2 unspecified atom stereocenters. The van der Waals surface area contributed by atoms with Gasteiger partial charge in [-0.2, -0.15) is 0 Å². The summed E-state index contributed by atoms with van der Waals surface area (Å²) in [6, 6.07) is 15.0. The van der Waals surface area contributed by atoms with Gasteiger partial charge in [-0.1, -0.05) is 36.4 Å². The minimum atomic E-state index is 0.0838. The van der Waals surface area contributed by atoms with Gasteiger partial charge in [0.15, 0.2) is 0 Å². The molecule has 0 saturated carbocycles. The van der Waals surface area contributed by atoms with Gasteiger partial charge in [-0.15, -0.1) is 0 Å². The van der Waals surface area contributed by atoms with Crippen molar-refractivity contribution in [1.82, 2.24) is 0 Å². The van der Waals surface area contributed by atoms with Crippen LogP contribution in [0.3, 0.4) is 0 Å². The number of nitrogens with two attached hydrogens (primary N) is 1. The summed E-state index contributed by atoms with van der Waals surface area (Å²) in [6.45, 7) is 5.08. The summed E-state index contributed by atoms with van der Waals surface area (Å²) < 4.78 is 5.73. The van der Waals surface area contributed by atoms with Gasteiger partial charge in [-0.3, -0.25) is 0 Å². The zero-order valence-electron chi connectivity index (χ0n) is 12.8. The molecule has 2 N–H and O–H groups in total. The molecular weight excluding hydrogens is 258 g/mol. The highest BCUT2D eigenvalue weighted by Crippen LogP contribution is 2.38. The van der Waals surface area contributed by atoms with E-state index in [9.17, 15) is 0 Å². The Morgan fingerprint density at radius 1 is 1.14 bits per heavy atom. The molecule has 0 aliphatic carbocycles. The summed E-state index contributed by atoms with van der Waals surface area (Å²) >= 11 is 0. The van der Waals surface area contributed by atoms with Crippen molar-refractivity contribution in [2.75, 3.05) is 6.61 Å². The molecule has 3 rings (SSSR count). The smallest absolute Gasteiger partial charge is 0.122 e. The van der Waals surface area contributed by atoms with Gasteiger partial charge in [-0.25, -0.2) is 0 Å². The number of para-hydroxylation sites is 1. The molecule has 2 heteroatoms. The van der Waals surface area contributed by atoms with Crippen LogP contribution < -0.4 is 10.5 Å². The van der Waals surface area contributed by atoms with Crippen LogP contribution in [0.5, 0.6) is 5.75 Å². The van der Waals surface area contributed by atoms with E-state index in [0.717, 1.165) is 25.2 Å². The van der Waals surface area contributed by atoms with Crippen LogP contribution in [0.1, 0.15) is 47.1 Å². The van der Waals surface area contributed by atoms with Crippen molar-refractivity contribution >= 4 is 0 Å². The Labute approximate surface area is 126 Å². The maximum absolute atomic E-state index is 6.46. The van der Waals surface area contributed by atoms with Gasteiger partial charge in [-0.05, 0) is 60.9 Å². The molecule has 0 fully saturated rings. The van der Waals surface area contributed by atoms with Crippen LogP contribution in [0.15, 0.2) is 42.5 Å². The van der Waals surface area contributed by atoms with Crippen LogP contribution in [0.2, 0.25) is 0 Å². The van der Waals surface area contributed by atoms with Gasteiger partial charge in [0, 0.05) is 6.04 Å². The molecule has 0 saturated heterocycles. The number of benzene rings is 2. The lowest BCUT2D eigenvalue weighted by atomic mass is 9.85. The Kier molecular flexibility index (Phi) is 3.98. The molecule has 110 valence electrons. The molecule has 0 bridgehead atoms. The van der Waals surface area contributed by atoms with E-state index in [1.165, 1.54) is 22.3 Å². The standard InChI is InChI=1S/C19H23NO/c1-13-7-8-16(11-14(13)2)18(20)12-15-9-10-21-19-6-4-3-5-17(15)19/h3-8,11,15,18H,9-10,12,20H2,1-2H3. The second-order valence-electron chi connectivity index (χ2n) is 6.06. The molecule has 0 amide bonds. The summed E-state index contributed by atoms with van der Waals surface area (Å²) in [5.41, 5.74) is 11.6. The van der Waals surface area contributed by atoms with E-state index in [1.54, 1.807) is 0 Å². The topological polar surface area (TPSA) is 35.2 Å². The molecule has 1 aliphatic rings. The zero-order valence-corrected chi connectivity index (χ0v) is 12.8. The Morgan fingerprint density at radius 3 is 2.76 bits per heavy atom. The third-order valence-electron chi connectivity index (χ3n) is 4.58. The fraction of sp³-hybridized carbons (Fsp3) is 0.368. The van der Waals surface area contributed by atoms with Gasteiger partial charge in [0.1, 0.15) is 5.75 Å². The van der Waals surface area contributed by atoms with Crippen LogP contribution in [0, 0.1) is 13.8 Å². The van der Waals surface area contributed by atoms with E-state index in [4.69, 9.17) is 10.5 Å². The van der Waals surface area contributed by atoms with Crippen LogP contribution in [0.25, 0.3) is 0 Å². The van der Waals surface area contributed by atoms with E-state index in [-0.39, 0.29) is 6.04 Å². The largest absolute Gasteiger partial charge is 0.493 e. The lowest BCUT2D eigenvalue weighted by Crippen LogP contribution is -2.20. The number of hydrogen-bond acceptors (Lipinski definition) is 2. The molecule has 1 heterocycles. The fourth-order valence-electron chi connectivity index (χ4n) is 3.10. The van der Waals surface area contributed by atoms with Crippen molar-refractivity contribution in [2.24, 2.45) is 5.73 Å². The Balaban J connectivity index is 1.79. The first-order chi connectivity index (χ1) is 10.1. The lowest BCUT2D eigenvalue weighted by Gasteiger charge is -2.28. The van der Waals surface area contributed by atoms with Gasteiger partial charge >= 0.3 is 0 Å². The molecule has 1 aliphatic heterocycles. The maximum Gasteiger partial charge on any atom is 0.122 e. The molecule has 0 radical (unpaired) electrons. The molecule has 0 aromatic heterocycles. The fourth-order valence-corrected chi connectivity index (χ4v) is 3.10. The van der Waals surface area contributed by atoms with Gasteiger partial charge in [0.2, 0.25) is 0 Å². The first-order valence-corrected chi connectivity index (χ1v) is 7.69. The van der Waals surface area contributed by atoms with E-state index in [0.29, 0.717) is 5.92 Å².